The van der Waals surface area contributed by atoms with Gasteiger partial charge in [-0.25, -0.2) is 4.79 Å². The minimum atomic E-state index is -6.83. The van der Waals surface area contributed by atoms with E-state index in [9.17, 15) is 60.1 Å². The van der Waals surface area contributed by atoms with Crippen LogP contribution in [0.3, 0.4) is 0 Å². The molecular formula is C26H15F8N3O8. The fraction of sp³-hybridized carbons (Fsp3) is 0.231. The third-order valence-corrected chi connectivity index (χ3v) is 5.78. The van der Waals surface area contributed by atoms with Gasteiger partial charge in [-0.15, -0.1) is 0 Å². The second-order valence-corrected chi connectivity index (χ2v) is 8.85. The van der Waals surface area contributed by atoms with Crippen molar-refractivity contribution in [3.05, 3.63) is 98.1 Å². The molecule has 3 aromatic carbocycles. The van der Waals surface area contributed by atoms with E-state index in [0.717, 1.165) is 24.3 Å². The third kappa shape index (κ3) is 7.17. The van der Waals surface area contributed by atoms with Crippen molar-refractivity contribution < 1.29 is 64.0 Å². The fourth-order valence-corrected chi connectivity index (χ4v) is 3.32. The number of alkyl halides is 8. The van der Waals surface area contributed by atoms with Crippen LogP contribution in [0.4, 0.5) is 46.5 Å². The summed E-state index contributed by atoms with van der Waals surface area (Å²) in [6.45, 7) is -5.32. The highest BCUT2D eigenvalue weighted by Gasteiger charge is 2.81. The Morgan fingerprint density at radius 1 is 0.733 bits per heavy atom. The lowest BCUT2D eigenvalue weighted by atomic mass is 9.99. The van der Waals surface area contributed by atoms with Crippen LogP contribution in [0, 0.1) is 31.6 Å². The van der Waals surface area contributed by atoms with Crippen molar-refractivity contribution in [2.75, 3.05) is 13.2 Å². The van der Waals surface area contributed by atoms with E-state index in [1.807, 2.05) is 6.07 Å². The Morgan fingerprint density at radius 3 is 1.73 bits per heavy atom. The van der Waals surface area contributed by atoms with Gasteiger partial charge in [-0.2, -0.15) is 40.4 Å². The quantitative estimate of drug-likeness (QED) is 0.0655. The number of halogens is 8. The maximum Gasteiger partial charge on any atom is 0.381 e. The molecule has 0 spiro atoms. The van der Waals surface area contributed by atoms with Gasteiger partial charge in [-0.1, -0.05) is 0 Å². The summed E-state index contributed by atoms with van der Waals surface area (Å²) in [5, 5.41) is 30.5. The van der Waals surface area contributed by atoms with Crippen molar-refractivity contribution in [1.82, 2.24) is 0 Å². The van der Waals surface area contributed by atoms with Gasteiger partial charge in [0.2, 0.25) is 0 Å². The number of benzene rings is 3. The van der Waals surface area contributed by atoms with Crippen LogP contribution in [0.2, 0.25) is 0 Å². The van der Waals surface area contributed by atoms with Crippen molar-refractivity contribution in [2.24, 2.45) is 0 Å². The molecular weight excluding hydrogens is 634 g/mol. The largest absolute Gasteiger partial charge is 0.487 e. The second-order valence-electron chi connectivity index (χ2n) is 8.85. The number of hydrogen-bond acceptors (Lipinski definition) is 9. The Balaban J connectivity index is 1.69. The molecule has 19 heteroatoms. The Morgan fingerprint density at radius 2 is 1.24 bits per heavy atom. The lowest BCUT2D eigenvalue weighted by Crippen LogP contribution is -2.65. The normalized spacial score (nSPS) is 12.2. The summed E-state index contributed by atoms with van der Waals surface area (Å²) in [4.78, 5) is 31.5. The van der Waals surface area contributed by atoms with Crippen molar-refractivity contribution in [1.29, 1.82) is 5.26 Å². The zero-order valence-corrected chi connectivity index (χ0v) is 21.9. The summed E-state index contributed by atoms with van der Waals surface area (Å²) >= 11 is 0. The van der Waals surface area contributed by atoms with Gasteiger partial charge >= 0.3 is 35.3 Å². The maximum absolute atomic E-state index is 14.3. The fourth-order valence-electron chi connectivity index (χ4n) is 3.32. The van der Waals surface area contributed by atoms with Gasteiger partial charge in [0, 0.05) is 6.07 Å². The molecule has 3 rings (SSSR count). The zero-order valence-electron chi connectivity index (χ0n) is 21.9. The Kier molecular flexibility index (Phi) is 9.50. The molecule has 45 heavy (non-hydrogen) atoms. The molecule has 0 saturated carbocycles. The van der Waals surface area contributed by atoms with Crippen LogP contribution in [0.15, 0.2) is 66.7 Å². The SMILES string of the molecule is N#Cc1ccc(OC(=O)c2ccc(OCC(F)(F)C(F)(F)C(F)(F)C(F)(F)COc3ccc([N+](=O)[O-])cc3[N+](=O)[O-])cc2)cc1. The number of carbonyl (C=O) groups is 1. The van der Waals surface area contributed by atoms with Crippen molar-refractivity contribution in [2.45, 2.75) is 23.7 Å². The summed E-state index contributed by atoms with van der Waals surface area (Å²) in [7, 11) is 0. The van der Waals surface area contributed by atoms with Crippen molar-refractivity contribution in [3.8, 4) is 23.3 Å². The number of nitrogens with zero attached hydrogens (tertiary/aromatic N) is 3. The molecule has 0 amide bonds. The lowest BCUT2D eigenvalue weighted by molar-refractivity contribution is -0.395. The molecule has 238 valence electrons. The van der Waals surface area contributed by atoms with Crippen LogP contribution in [0.5, 0.6) is 17.2 Å². The maximum atomic E-state index is 14.3. The molecule has 0 aliphatic carbocycles. The van der Waals surface area contributed by atoms with E-state index in [0.29, 0.717) is 12.1 Å². The van der Waals surface area contributed by atoms with Crippen LogP contribution in [-0.2, 0) is 0 Å². The highest BCUT2D eigenvalue weighted by Crippen LogP contribution is 2.53. The van der Waals surface area contributed by atoms with Gasteiger partial charge in [-0.3, -0.25) is 20.2 Å². The van der Waals surface area contributed by atoms with Gasteiger partial charge in [0.1, 0.15) is 11.5 Å². The Hall–Kier alpha value is -5.54. The number of nitro groups is 2. The van der Waals surface area contributed by atoms with E-state index in [1.165, 1.54) is 24.3 Å². The number of nitriles is 1. The van der Waals surface area contributed by atoms with Crippen molar-refractivity contribution >= 4 is 17.3 Å². The summed E-state index contributed by atoms with van der Waals surface area (Å²) in [5.41, 5.74) is -2.25. The van der Waals surface area contributed by atoms with E-state index >= 15 is 0 Å². The molecule has 0 saturated heterocycles. The van der Waals surface area contributed by atoms with Gasteiger partial charge in [-0.05, 0) is 54.6 Å². The Bertz CT molecular complexity index is 1630. The molecule has 0 aliphatic heterocycles. The molecule has 0 aliphatic rings. The first kappa shape index (κ1) is 34.0. The highest BCUT2D eigenvalue weighted by molar-refractivity contribution is 5.91. The number of esters is 1. The number of hydrogen-bond donors (Lipinski definition) is 0. The van der Waals surface area contributed by atoms with Crippen LogP contribution in [-0.4, -0.2) is 52.7 Å². The Labute approximate surface area is 245 Å². The molecule has 0 heterocycles. The molecule has 0 aromatic heterocycles. The molecule has 0 bridgehead atoms. The van der Waals surface area contributed by atoms with E-state index in [1.54, 1.807) is 0 Å². The molecule has 0 atom stereocenters. The van der Waals surface area contributed by atoms with E-state index in [2.05, 4.69) is 9.47 Å². The predicted molar refractivity (Wildman–Crippen MR) is 133 cm³/mol. The molecule has 3 aromatic rings. The van der Waals surface area contributed by atoms with Crippen LogP contribution in [0.1, 0.15) is 15.9 Å². The van der Waals surface area contributed by atoms with E-state index < -0.39 is 75.6 Å². The molecule has 0 N–H and O–H groups in total. The average Bonchev–Trinajstić information content (AvgIpc) is 2.99. The minimum absolute atomic E-state index is 0.0234. The van der Waals surface area contributed by atoms with Gasteiger partial charge in [0.15, 0.2) is 19.0 Å². The summed E-state index contributed by atoms with van der Waals surface area (Å²) in [6, 6.07) is 11.6. The van der Waals surface area contributed by atoms with E-state index in [-0.39, 0.29) is 22.9 Å². The first-order valence-electron chi connectivity index (χ1n) is 11.8. The summed E-state index contributed by atoms with van der Waals surface area (Å²) in [5.74, 6) is -28.5. The highest BCUT2D eigenvalue weighted by atomic mass is 19.4. The van der Waals surface area contributed by atoms with Gasteiger partial charge < -0.3 is 14.2 Å². The molecule has 11 nitrogen and oxygen atoms in total. The first-order valence-corrected chi connectivity index (χ1v) is 11.8. The second kappa shape index (κ2) is 12.6. The summed E-state index contributed by atoms with van der Waals surface area (Å²) in [6.07, 6.45) is 0. The van der Waals surface area contributed by atoms with E-state index in [4.69, 9.17) is 10.00 Å². The third-order valence-electron chi connectivity index (χ3n) is 5.78. The first-order chi connectivity index (χ1) is 20.8. The van der Waals surface area contributed by atoms with Gasteiger partial charge in [0.05, 0.1) is 33.1 Å². The monoisotopic (exact) mass is 649 g/mol. The average molecular weight is 649 g/mol. The number of non-ortho nitro benzene ring substituents is 1. The standard InChI is InChI=1S/C26H15F8N3O8/c27-23(28,13-43-18-8-3-16(4-9-18)22(38)45-19-6-1-15(12-35)2-7-19)25(31,32)26(33,34)24(29,30)14-44-21-10-5-17(36(39)40)11-20(21)37(41)42/h1-11H,13-14H2. The number of carbonyl (C=O) groups excluding carboxylic acids is 1. The zero-order chi connectivity index (χ0) is 33.8. The smallest absolute Gasteiger partial charge is 0.381 e. The number of rotatable bonds is 13. The predicted octanol–water partition coefficient (Wildman–Crippen LogP) is 6.59. The number of ether oxygens (including phenoxy) is 3. The van der Waals surface area contributed by atoms with Crippen LogP contribution in [0.25, 0.3) is 0 Å². The molecule has 0 radical (unpaired) electrons. The lowest BCUT2D eigenvalue weighted by Gasteiger charge is -2.36. The minimum Gasteiger partial charge on any atom is -0.487 e. The van der Waals surface area contributed by atoms with Crippen molar-refractivity contribution in [3.63, 3.8) is 0 Å². The van der Waals surface area contributed by atoms with Crippen LogP contribution >= 0.6 is 0 Å². The molecule has 0 fully saturated rings. The summed E-state index contributed by atoms with van der Waals surface area (Å²) < 4.78 is 128. The van der Waals surface area contributed by atoms with Crippen LogP contribution < -0.4 is 14.2 Å². The topological polar surface area (TPSA) is 155 Å². The van der Waals surface area contributed by atoms with Gasteiger partial charge in [0.25, 0.3) is 5.69 Å². The molecule has 0 unspecified atom stereocenters. The number of nitro benzene ring substituents is 2.